The minimum atomic E-state index is -1.18. The van der Waals surface area contributed by atoms with Crippen molar-refractivity contribution in [2.24, 2.45) is 0 Å². The van der Waals surface area contributed by atoms with E-state index in [1.54, 1.807) is 0 Å². The van der Waals surface area contributed by atoms with Gasteiger partial charge in [0.1, 0.15) is 5.50 Å². The number of hydrogen-bond donors (Lipinski definition) is 0. The molecule has 0 aromatic heterocycles. The van der Waals surface area contributed by atoms with Crippen LogP contribution in [0, 0.1) is 0 Å². The largest absolute Gasteiger partial charge is 0.495 e. The van der Waals surface area contributed by atoms with E-state index >= 15 is 0 Å². The predicted octanol–water partition coefficient (Wildman–Crippen LogP) is 5.39. The highest BCUT2D eigenvalue weighted by Gasteiger charge is 2.27. The van der Waals surface area contributed by atoms with Crippen molar-refractivity contribution in [1.82, 2.24) is 0 Å². The average Bonchev–Trinajstić information content (AvgIpc) is 2.24. The molecule has 0 aliphatic carbocycles. The number of rotatable bonds is 8. The second-order valence-corrected chi connectivity index (χ2v) is 12.6. The predicted molar refractivity (Wildman–Crippen MR) is 85.0 cm³/mol. The highest BCUT2D eigenvalue weighted by Crippen LogP contribution is 2.46. The second kappa shape index (κ2) is 7.58. The van der Waals surface area contributed by atoms with E-state index in [0.29, 0.717) is 5.16 Å². The van der Waals surface area contributed by atoms with Crippen molar-refractivity contribution in [3.8, 4) is 0 Å². The normalized spacial score (nSPS) is 14.6. The summed E-state index contributed by atoms with van der Waals surface area (Å²) in [5.74, 6) is 0. The van der Waals surface area contributed by atoms with E-state index in [2.05, 4.69) is 53.0 Å². The maximum absolute atomic E-state index is 5.89. The monoisotopic (exact) mass is 274 g/mol. The third kappa shape index (κ3) is 6.62. The van der Waals surface area contributed by atoms with Gasteiger partial charge in [0.25, 0.3) is 0 Å². The van der Waals surface area contributed by atoms with Crippen LogP contribution in [-0.4, -0.2) is 19.8 Å². The SMILES string of the molecule is CCO/C(=C\[Si](C)(C)C)PC(CC)(CC)CC. The zero-order valence-corrected chi connectivity index (χ0v) is 14.8. The van der Waals surface area contributed by atoms with Crippen LogP contribution in [0.4, 0.5) is 0 Å². The molecule has 0 heterocycles. The molecule has 0 radical (unpaired) electrons. The molecule has 0 rings (SSSR count). The van der Waals surface area contributed by atoms with Gasteiger partial charge in [0.15, 0.2) is 0 Å². The van der Waals surface area contributed by atoms with Crippen molar-refractivity contribution in [1.29, 1.82) is 0 Å². The van der Waals surface area contributed by atoms with E-state index in [4.69, 9.17) is 4.74 Å². The summed E-state index contributed by atoms with van der Waals surface area (Å²) in [6.45, 7) is 17.0. The zero-order valence-electron chi connectivity index (χ0n) is 12.8. The van der Waals surface area contributed by atoms with Gasteiger partial charge in [0, 0.05) is 0 Å². The van der Waals surface area contributed by atoms with Gasteiger partial charge in [0.2, 0.25) is 0 Å². The molecule has 17 heavy (non-hydrogen) atoms. The Hall–Kier alpha value is 0.187. The average molecular weight is 274 g/mol. The summed E-state index contributed by atoms with van der Waals surface area (Å²) in [4.78, 5) is 0. The van der Waals surface area contributed by atoms with E-state index in [0.717, 1.165) is 15.2 Å². The van der Waals surface area contributed by atoms with E-state index < -0.39 is 8.07 Å². The van der Waals surface area contributed by atoms with Gasteiger partial charge in [-0.05, 0) is 39.9 Å². The summed E-state index contributed by atoms with van der Waals surface area (Å²) in [5.41, 5.74) is 3.72. The Bertz CT molecular complexity index is 231. The third-order valence-corrected chi connectivity index (χ3v) is 6.83. The lowest BCUT2D eigenvalue weighted by atomic mass is 9.99. The smallest absolute Gasteiger partial charge is 0.107 e. The Balaban J connectivity index is 4.91. The fourth-order valence-electron chi connectivity index (χ4n) is 1.94. The molecular weight excluding hydrogens is 243 g/mol. The lowest BCUT2D eigenvalue weighted by molar-refractivity contribution is 0.255. The molecule has 0 aliphatic heterocycles. The molecule has 0 N–H and O–H groups in total. The summed E-state index contributed by atoms with van der Waals surface area (Å²) < 4.78 is 5.89. The van der Waals surface area contributed by atoms with E-state index in [-0.39, 0.29) is 0 Å². The van der Waals surface area contributed by atoms with Crippen LogP contribution in [0.3, 0.4) is 0 Å². The van der Waals surface area contributed by atoms with E-state index in [1.807, 2.05) is 0 Å². The van der Waals surface area contributed by atoms with Gasteiger partial charge in [-0.25, -0.2) is 0 Å². The first-order valence-electron chi connectivity index (χ1n) is 6.96. The molecule has 1 unspecified atom stereocenters. The van der Waals surface area contributed by atoms with Crippen molar-refractivity contribution >= 4 is 16.7 Å². The molecule has 102 valence electrons. The summed E-state index contributed by atoms with van der Waals surface area (Å²) in [5, 5.41) is 0.473. The van der Waals surface area contributed by atoms with Gasteiger partial charge < -0.3 is 4.74 Å². The van der Waals surface area contributed by atoms with Crippen LogP contribution in [0.15, 0.2) is 11.2 Å². The molecule has 0 bridgehead atoms. The van der Waals surface area contributed by atoms with Crippen molar-refractivity contribution in [2.45, 2.75) is 71.8 Å². The first-order chi connectivity index (χ1) is 7.82. The first-order valence-corrected chi connectivity index (χ1v) is 11.5. The van der Waals surface area contributed by atoms with Crippen molar-refractivity contribution in [3.63, 3.8) is 0 Å². The topological polar surface area (TPSA) is 9.23 Å². The van der Waals surface area contributed by atoms with E-state index in [1.165, 1.54) is 24.8 Å². The van der Waals surface area contributed by atoms with Gasteiger partial charge in [0.05, 0.1) is 14.7 Å². The maximum atomic E-state index is 5.89. The minimum Gasteiger partial charge on any atom is -0.495 e. The molecule has 1 nitrogen and oxygen atoms in total. The molecule has 0 aromatic carbocycles. The zero-order chi connectivity index (χ0) is 13.5. The molecular formula is C14H31OPSi. The molecule has 0 aromatic rings. The Kier molecular flexibility index (Phi) is 7.67. The Morgan fingerprint density at radius 3 is 1.82 bits per heavy atom. The Morgan fingerprint density at radius 2 is 1.53 bits per heavy atom. The molecule has 0 spiro atoms. The third-order valence-electron chi connectivity index (χ3n) is 3.28. The lowest BCUT2D eigenvalue weighted by Crippen LogP contribution is -2.22. The van der Waals surface area contributed by atoms with Crippen LogP contribution in [0.25, 0.3) is 0 Å². The van der Waals surface area contributed by atoms with E-state index in [9.17, 15) is 0 Å². The van der Waals surface area contributed by atoms with Crippen LogP contribution in [0.5, 0.6) is 0 Å². The Morgan fingerprint density at radius 1 is 1.06 bits per heavy atom. The van der Waals surface area contributed by atoms with Crippen molar-refractivity contribution in [2.75, 3.05) is 6.61 Å². The van der Waals surface area contributed by atoms with Gasteiger partial charge in [-0.15, -0.1) is 0 Å². The van der Waals surface area contributed by atoms with Crippen LogP contribution in [-0.2, 0) is 4.74 Å². The lowest BCUT2D eigenvalue weighted by Gasteiger charge is -2.32. The summed E-state index contributed by atoms with van der Waals surface area (Å²) in [6.07, 6.45) is 3.78. The molecule has 0 amide bonds. The number of hydrogen-bond acceptors (Lipinski definition) is 1. The summed E-state index contributed by atoms with van der Waals surface area (Å²) in [6, 6.07) is 0. The quantitative estimate of drug-likeness (QED) is 0.327. The van der Waals surface area contributed by atoms with Crippen molar-refractivity contribution in [3.05, 3.63) is 11.2 Å². The van der Waals surface area contributed by atoms with Gasteiger partial charge in [-0.1, -0.05) is 46.1 Å². The van der Waals surface area contributed by atoms with Crippen LogP contribution >= 0.6 is 8.58 Å². The van der Waals surface area contributed by atoms with Gasteiger partial charge >= 0.3 is 0 Å². The second-order valence-electron chi connectivity index (χ2n) is 5.77. The Labute approximate surface area is 111 Å². The highest BCUT2D eigenvalue weighted by molar-refractivity contribution is 7.44. The first kappa shape index (κ1) is 17.2. The molecule has 0 fully saturated rings. The van der Waals surface area contributed by atoms with Crippen LogP contribution in [0.1, 0.15) is 47.0 Å². The van der Waals surface area contributed by atoms with Gasteiger partial charge in [-0.2, -0.15) is 0 Å². The molecule has 0 saturated carbocycles. The fourth-order valence-corrected chi connectivity index (χ4v) is 5.67. The summed E-state index contributed by atoms with van der Waals surface area (Å²) in [7, 11) is -0.337. The van der Waals surface area contributed by atoms with Crippen LogP contribution in [0.2, 0.25) is 19.6 Å². The summed E-state index contributed by atoms with van der Waals surface area (Å²) >= 11 is 0. The molecule has 0 aliphatic rings. The minimum absolute atomic E-state index is 0.473. The molecule has 1 atom stereocenters. The highest BCUT2D eigenvalue weighted by atomic mass is 31.1. The number of ether oxygens (including phenoxy) is 1. The maximum Gasteiger partial charge on any atom is 0.107 e. The van der Waals surface area contributed by atoms with Crippen molar-refractivity contribution < 1.29 is 4.74 Å². The molecule has 0 saturated heterocycles. The fraction of sp³-hybridized carbons (Fsp3) is 0.857. The van der Waals surface area contributed by atoms with Crippen LogP contribution < -0.4 is 0 Å². The molecule has 3 heteroatoms. The standard InChI is InChI=1S/C14H31OPSi/c1-8-14(9-2,10-3)16-13(15-11-4)12-17(5,6)7/h12,16H,8-11H2,1-7H3/b13-12+. The van der Waals surface area contributed by atoms with Gasteiger partial charge in [-0.3, -0.25) is 0 Å².